The summed E-state index contributed by atoms with van der Waals surface area (Å²) < 4.78 is 38.2. The average Bonchev–Trinajstić information content (AvgIpc) is 2.50. The maximum absolute atomic E-state index is 12.7. The number of carbonyl (C=O) groups excluding carboxylic acids is 2. The van der Waals surface area contributed by atoms with Gasteiger partial charge in [0.15, 0.2) is 0 Å². The number of halogens is 3. The van der Waals surface area contributed by atoms with Gasteiger partial charge in [-0.2, -0.15) is 13.2 Å². The summed E-state index contributed by atoms with van der Waals surface area (Å²) in [5.74, 6) is -0.927. The molecule has 0 aromatic heterocycles. The van der Waals surface area contributed by atoms with Crippen LogP contribution in [0.4, 0.5) is 24.5 Å². The lowest BCUT2D eigenvalue weighted by Gasteiger charge is -2.13. The molecule has 2 amide bonds. The number of nitrogens with one attached hydrogen (secondary N) is 2. The molecule has 4 nitrogen and oxygen atoms in total. The molecule has 2 aromatic carbocycles. The highest BCUT2D eigenvalue weighted by Gasteiger charge is 2.30. The van der Waals surface area contributed by atoms with Crippen LogP contribution in [0.1, 0.15) is 28.4 Å². The fraction of sp³-hybridized carbons (Fsp3) is 0.176. The molecule has 0 saturated heterocycles. The third-order valence-corrected chi connectivity index (χ3v) is 3.34. The Hall–Kier alpha value is -2.83. The van der Waals surface area contributed by atoms with Crippen LogP contribution < -0.4 is 10.6 Å². The molecule has 126 valence electrons. The van der Waals surface area contributed by atoms with Crippen LogP contribution in [0.5, 0.6) is 0 Å². The van der Waals surface area contributed by atoms with Crippen LogP contribution in [0.3, 0.4) is 0 Å². The first kappa shape index (κ1) is 17.5. The van der Waals surface area contributed by atoms with Gasteiger partial charge in [-0.15, -0.1) is 0 Å². The molecule has 2 N–H and O–H groups in total. The van der Waals surface area contributed by atoms with Crippen molar-refractivity contribution < 1.29 is 22.8 Å². The summed E-state index contributed by atoms with van der Waals surface area (Å²) in [6.07, 6.45) is -4.52. The third-order valence-electron chi connectivity index (χ3n) is 3.34. The summed E-state index contributed by atoms with van der Waals surface area (Å²) in [5, 5.41) is 5.18. The Morgan fingerprint density at radius 1 is 0.958 bits per heavy atom. The van der Waals surface area contributed by atoms with E-state index < -0.39 is 17.6 Å². The molecule has 0 aliphatic carbocycles. The molecule has 0 aliphatic rings. The second-order valence-electron chi connectivity index (χ2n) is 5.19. The topological polar surface area (TPSA) is 58.2 Å². The first-order chi connectivity index (χ1) is 11.2. The Balaban J connectivity index is 2.26. The monoisotopic (exact) mass is 336 g/mol. The Morgan fingerprint density at radius 3 is 2.12 bits per heavy atom. The molecule has 0 fully saturated rings. The molecule has 0 saturated carbocycles. The van der Waals surface area contributed by atoms with Gasteiger partial charge >= 0.3 is 6.18 Å². The number of rotatable bonds is 3. The molecule has 0 radical (unpaired) electrons. The summed E-state index contributed by atoms with van der Waals surface area (Å²) >= 11 is 0. The van der Waals surface area contributed by atoms with Crippen molar-refractivity contribution in [3.63, 3.8) is 0 Å². The van der Waals surface area contributed by atoms with E-state index in [-0.39, 0.29) is 11.5 Å². The molecule has 0 bridgehead atoms. The summed E-state index contributed by atoms with van der Waals surface area (Å²) in [6, 6.07) is 9.07. The largest absolute Gasteiger partial charge is 0.416 e. The Bertz CT molecular complexity index is 786. The van der Waals surface area contributed by atoms with E-state index in [0.717, 1.165) is 12.1 Å². The van der Waals surface area contributed by atoms with Crippen molar-refractivity contribution in [2.24, 2.45) is 0 Å². The lowest BCUT2D eigenvalue weighted by atomic mass is 10.1. The molecule has 0 unspecified atom stereocenters. The molecule has 7 heteroatoms. The number of benzene rings is 2. The van der Waals surface area contributed by atoms with Crippen molar-refractivity contribution in [2.75, 3.05) is 10.6 Å². The smallest absolute Gasteiger partial charge is 0.326 e. The maximum atomic E-state index is 12.7. The third kappa shape index (κ3) is 4.13. The predicted molar refractivity (Wildman–Crippen MR) is 84.9 cm³/mol. The Morgan fingerprint density at radius 2 is 1.54 bits per heavy atom. The number of hydrogen-bond donors (Lipinski definition) is 2. The van der Waals surface area contributed by atoms with Gasteiger partial charge in [-0.1, -0.05) is 12.1 Å². The van der Waals surface area contributed by atoms with E-state index in [1.54, 1.807) is 25.1 Å². The summed E-state index contributed by atoms with van der Waals surface area (Å²) in [4.78, 5) is 23.4. The average molecular weight is 336 g/mol. The minimum absolute atomic E-state index is 0.103. The second kappa shape index (κ2) is 6.74. The Kier molecular flexibility index (Phi) is 4.92. The highest BCUT2D eigenvalue weighted by atomic mass is 19.4. The summed E-state index contributed by atoms with van der Waals surface area (Å²) in [6.45, 7) is 3.04. The number of amides is 2. The van der Waals surface area contributed by atoms with E-state index in [0.29, 0.717) is 16.9 Å². The van der Waals surface area contributed by atoms with Crippen LogP contribution in [0.25, 0.3) is 0 Å². The van der Waals surface area contributed by atoms with Crippen molar-refractivity contribution in [1.29, 1.82) is 0 Å². The van der Waals surface area contributed by atoms with Crippen LogP contribution in [0, 0.1) is 6.92 Å². The van der Waals surface area contributed by atoms with Crippen molar-refractivity contribution in [1.82, 2.24) is 0 Å². The van der Waals surface area contributed by atoms with Gasteiger partial charge in [0, 0.05) is 23.9 Å². The maximum Gasteiger partial charge on any atom is 0.416 e. The zero-order chi connectivity index (χ0) is 17.9. The first-order valence-corrected chi connectivity index (χ1v) is 7.04. The van der Waals surface area contributed by atoms with Crippen LogP contribution in [-0.2, 0) is 11.0 Å². The molecule has 0 heterocycles. The molecule has 0 atom stereocenters. The van der Waals surface area contributed by atoms with Gasteiger partial charge in [-0.25, -0.2) is 0 Å². The van der Waals surface area contributed by atoms with E-state index in [1.807, 2.05) is 0 Å². The lowest BCUT2D eigenvalue weighted by Crippen LogP contribution is -2.15. The fourth-order valence-corrected chi connectivity index (χ4v) is 2.13. The van der Waals surface area contributed by atoms with Gasteiger partial charge in [0.1, 0.15) is 0 Å². The second-order valence-corrected chi connectivity index (χ2v) is 5.19. The molecule has 2 rings (SSSR count). The predicted octanol–water partition coefficient (Wildman–Crippen LogP) is 4.22. The van der Waals surface area contributed by atoms with Gasteiger partial charge in [0.05, 0.1) is 5.56 Å². The van der Waals surface area contributed by atoms with Crippen molar-refractivity contribution in [3.05, 3.63) is 59.2 Å². The van der Waals surface area contributed by atoms with Gasteiger partial charge in [0.25, 0.3) is 5.91 Å². The summed E-state index contributed by atoms with van der Waals surface area (Å²) in [7, 11) is 0. The van der Waals surface area contributed by atoms with Crippen LogP contribution in [0.2, 0.25) is 0 Å². The van der Waals surface area contributed by atoms with Crippen LogP contribution in [-0.4, -0.2) is 11.8 Å². The molecule has 0 aliphatic heterocycles. The molecule has 2 aromatic rings. The normalized spacial score (nSPS) is 11.0. The number of carbonyl (C=O) groups is 2. The van der Waals surface area contributed by atoms with Gasteiger partial charge in [-0.3, -0.25) is 9.59 Å². The van der Waals surface area contributed by atoms with Gasteiger partial charge in [0.2, 0.25) is 5.91 Å². The van der Waals surface area contributed by atoms with E-state index >= 15 is 0 Å². The lowest BCUT2D eigenvalue weighted by molar-refractivity contribution is -0.137. The van der Waals surface area contributed by atoms with Gasteiger partial charge in [-0.05, 0) is 42.8 Å². The number of anilines is 2. The van der Waals surface area contributed by atoms with Gasteiger partial charge < -0.3 is 10.6 Å². The van der Waals surface area contributed by atoms with Crippen LogP contribution in [0.15, 0.2) is 42.5 Å². The van der Waals surface area contributed by atoms with E-state index in [1.165, 1.54) is 19.1 Å². The van der Waals surface area contributed by atoms with E-state index in [4.69, 9.17) is 0 Å². The quantitative estimate of drug-likeness (QED) is 0.881. The number of hydrogen-bond acceptors (Lipinski definition) is 2. The first-order valence-electron chi connectivity index (χ1n) is 7.04. The fourth-order valence-electron chi connectivity index (χ4n) is 2.13. The number of alkyl halides is 3. The zero-order valence-electron chi connectivity index (χ0n) is 13.0. The zero-order valence-corrected chi connectivity index (χ0v) is 13.0. The van der Waals surface area contributed by atoms with E-state index in [2.05, 4.69) is 10.6 Å². The van der Waals surface area contributed by atoms with Crippen LogP contribution >= 0.6 is 0 Å². The van der Waals surface area contributed by atoms with Crippen molar-refractivity contribution in [3.8, 4) is 0 Å². The highest BCUT2D eigenvalue weighted by molar-refractivity contribution is 6.05. The van der Waals surface area contributed by atoms with Crippen molar-refractivity contribution in [2.45, 2.75) is 20.0 Å². The minimum atomic E-state index is -4.52. The van der Waals surface area contributed by atoms with E-state index in [9.17, 15) is 22.8 Å². The minimum Gasteiger partial charge on any atom is -0.326 e. The SMILES string of the molecule is CC(=O)Nc1cccc(NC(=O)c2cccc(C(F)(F)F)c2)c1C. The molecular weight excluding hydrogens is 321 g/mol. The Labute approximate surface area is 136 Å². The van der Waals surface area contributed by atoms with Crippen molar-refractivity contribution >= 4 is 23.2 Å². The summed E-state index contributed by atoms with van der Waals surface area (Å²) in [5.41, 5.74) is 0.536. The standard InChI is InChI=1S/C17H15F3N2O2/c1-10-14(21-11(2)23)7-4-8-15(10)22-16(24)12-5-3-6-13(9-12)17(18,19)20/h3-9H,1-2H3,(H,21,23)(H,22,24). The molecular formula is C17H15F3N2O2. The highest BCUT2D eigenvalue weighted by Crippen LogP contribution is 2.30. The molecule has 24 heavy (non-hydrogen) atoms. The molecule has 0 spiro atoms.